The SMILES string of the molecule is C[C@](O)(CN1CCN(/N=C/c2cc3cc(C(F)(F)F)ccc3o2)CC1)Cn1cc([N+](=O)[O-])nc1Cl. The van der Waals surface area contributed by atoms with Crippen LogP contribution in [0.2, 0.25) is 5.28 Å². The average molecular weight is 515 g/mol. The molecule has 14 heteroatoms. The Hall–Kier alpha value is -3.16. The molecule has 0 bridgehead atoms. The van der Waals surface area contributed by atoms with Crippen molar-refractivity contribution in [1.29, 1.82) is 0 Å². The number of nitro groups is 1. The van der Waals surface area contributed by atoms with Gasteiger partial charge in [0.05, 0.1) is 23.9 Å². The first-order chi connectivity index (χ1) is 16.4. The summed E-state index contributed by atoms with van der Waals surface area (Å²) < 4.78 is 45.5. The second-order valence-corrected chi connectivity index (χ2v) is 8.96. The molecular formula is C21H22ClF3N6O4. The van der Waals surface area contributed by atoms with Crippen LogP contribution in [-0.2, 0) is 12.7 Å². The van der Waals surface area contributed by atoms with Crippen LogP contribution in [0.5, 0.6) is 0 Å². The van der Waals surface area contributed by atoms with Gasteiger partial charge in [-0.05, 0) is 52.7 Å². The maximum absolute atomic E-state index is 12.9. The lowest BCUT2D eigenvalue weighted by atomic mass is 10.1. The molecule has 0 unspecified atom stereocenters. The minimum Gasteiger partial charge on any atom is -0.455 e. The molecule has 0 spiro atoms. The summed E-state index contributed by atoms with van der Waals surface area (Å²) in [5, 5.41) is 28.1. The number of benzene rings is 1. The zero-order chi connectivity index (χ0) is 25.4. The van der Waals surface area contributed by atoms with Crippen LogP contribution in [0.3, 0.4) is 0 Å². The summed E-state index contributed by atoms with van der Waals surface area (Å²) >= 11 is 5.94. The Morgan fingerprint density at radius 2 is 1.97 bits per heavy atom. The molecule has 10 nitrogen and oxygen atoms in total. The fraction of sp³-hybridized carbons (Fsp3) is 0.429. The number of hydrogen-bond donors (Lipinski definition) is 1. The molecule has 4 rings (SSSR count). The standard InChI is InChI=1S/C21H22ClF3N6O4/c1-20(32,13-29-11-18(31(33)34)27-19(29)22)12-28-4-6-30(7-5-28)26-10-16-9-14-8-15(21(23,24)25)2-3-17(14)35-16/h2-3,8-11,32H,4-7,12-13H2,1H3/b26-10+/t20-/m0/s1. The zero-order valence-electron chi connectivity index (χ0n) is 18.6. The third kappa shape index (κ3) is 6.10. The van der Waals surface area contributed by atoms with Crippen LogP contribution >= 0.6 is 11.6 Å². The predicted octanol–water partition coefficient (Wildman–Crippen LogP) is 3.61. The first-order valence-corrected chi connectivity index (χ1v) is 11.0. The van der Waals surface area contributed by atoms with Gasteiger partial charge in [-0.3, -0.25) is 14.5 Å². The van der Waals surface area contributed by atoms with Gasteiger partial charge in [0.15, 0.2) is 0 Å². The molecule has 1 atom stereocenters. The third-order valence-corrected chi connectivity index (χ3v) is 5.84. The van der Waals surface area contributed by atoms with Gasteiger partial charge in [0.1, 0.15) is 17.5 Å². The molecule has 0 radical (unpaired) electrons. The van der Waals surface area contributed by atoms with Gasteiger partial charge >= 0.3 is 17.3 Å². The smallest absolute Gasteiger partial charge is 0.416 e. The molecule has 2 aromatic heterocycles. The minimum absolute atomic E-state index is 0.0349. The number of furan rings is 1. The molecule has 1 aliphatic rings. The molecule has 35 heavy (non-hydrogen) atoms. The van der Waals surface area contributed by atoms with Crippen molar-refractivity contribution < 1.29 is 27.6 Å². The summed E-state index contributed by atoms with van der Waals surface area (Å²) in [5.41, 5.74) is -1.61. The largest absolute Gasteiger partial charge is 0.455 e. The van der Waals surface area contributed by atoms with Crippen LogP contribution in [0.15, 0.2) is 40.0 Å². The molecule has 0 amide bonds. The molecule has 0 aliphatic carbocycles. The Bertz CT molecular complexity index is 1250. The van der Waals surface area contributed by atoms with Gasteiger partial charge in [-0.15, -0.1) is 0 Å². The number of fused-ring (bicyclic) bond motifs is 1. The number of β-amino-alcohol motifs (C(OH)–C–C–N with tert-alkyl or cyclic N) is 1. The van der Waals surface area contributed by atoms with Gasteiger partial charge in [-0.1, -0.05) is 0 Å². The highest BCUT2D eigenvalue weighted by Gasteiger charge is 2.31. The summed E-state index contributed by atoms with van der Waals surface area (Å²) in [7, 11) is 0. The van der Waals surface area contributed by atoms with Crippen LogP contribution in [-0.4, -0.2) is 74.0 Å². The fourth-order valence-corrected chi connectivity index (χ4v) is 4.13. The number of imidazole rings is 1. The maximum Gasteiger partial charge on any atom is 0.416 e. The van der Waals surface area contributed by atoms with Gasteiger partial charge < -0.3 is 19.6 Å². The Labute approximate surface area is 202 Å². The highest BCUT2D eigenvalue weighted by molar-refractivity contribution is 6.28. The predicted molar refractivity (Wildman–Crippen MR) is 121 cm³/mol. The van der Waals surface area contributed by atoms with Crippen molar-refractivity contribution in [2.24, 2.45) is 5.10 Å². The number of rotatable bonds is 7. The van der Waals surface area contributed by atoms with E-state index in [2.05, 4.69) is 10.1 Å². The number of hydrazone groups is 1. The normalized spacial score (nSPS) is 17.4. The number of aromatic nitrogens is 2. The average Bonchev–Trinajstić information content (AvgIpc) is 3.34. The lowest BCUT2D eigenvalue weighted by Crippen LogP contribution is -2.51. The molecule has 3 aromatic rings. The third-order valence-electron chi connectivity index (χ3n) is 5.54. The Morgan fingerprint density at radius 1 is 1.26 bits per heavy atom. The van der Waals surface area contributed by atoms with Gasteiger partial charge in [-0.2, -0.15) is 18.3 Å². The van der Waals surface area contributed by atoms with E-state index in [4.69, 9.17) is 16.0 Å². The highest BCUT2D eigenvalue weighted by atomic mass is 35.5. The topological polar surface area (TPSA) is 113 Å². The molecule has 1 aromatic carbocycles. The van der Waals surface area contributed by atoms with E-state index in [0.29, 0.717) is 49.5 Å². The molecule has 1 fully saturated rings. The van der Waals surface area contributed by atoms with Crippen molar-refractivity contribution in [3.8, 4) is 0 Å². The summed E-state index contributed by atoms with van der Waals surface area (Å²) in [5.74, 6) is -0.0430. The van der Waals surface area contributed by atoms with Crippen molar-refractivity contribution in [3.05, 3.63) is 57.2 Å². The van der Waals surface area contributed by atoms with E-state index in [9.17, 15) is 28.4 Å². The monoisotopic (exact) mass is 514 g/mol. The van der Waals surface area contributed by atoms with E-state index < -0.39 is 22.3 Å². The lowest BCUT2D eigenvalue weighted by Gasteiger charge is -2.37. The summed E-state index contributed by atoms with van der Waals surface area (Å²) in [6, 6.07) is 4.81. The number of piperazine rings is 1. The second-order valence-electron chi connectivity index (χ2n) is 8.62. The van der Waals surface area contributed by atoms with E-state index in [1.807, 2.05) is 4.90 Å². The minimum atomic E-state index is -4.42. The van der Waals surface area contributed by atoms with Gasteiger partial charge in [-0.25, -0.2) is 0 Å². The van der Waals surface area contributed by atoms with Crippen LogP contribution in [0, 0.1) is 10.1 Å². The van der Waals surface area contributed by atoms with Crippen molar-refractivity contribution in [2.45, 2.75) is 25.2 Å². The lowest BCUT2D eigenvalue weighted by molar-refractivity contribution is -0.389. The second kappa shape index (κ2) is 9.47. The van der Waals surface area contributed by atoms with Crippen molar-refractivity contribution in [3.63, 3.8) is 0 Å². The molecule has 1 N–H and O–H groups in total. The van der Waals surface area contributed by atoms with E-state index in [-0.39, 0.29) is 17.6 Å². The van der Waals surface area contributed by atoms with Crippen LogP contribution < -0.4 is 0 Å². The quantitative estimate of drug-likeness (QED) is 0.291. The van der Waals surface area contributed by atoms with Crippen LogP contribution in [0.4, 0.5) is 19.0 Å². The van der Waals surface area contributed by atoms with Crippen LogP contribution in [0.1, 0.15) is 18.2 Å². The van der Waals surface area contributed by atoms with E-state index >= 15 is 0 Å². The number of alkyl halides is 3. The van der Waals surface area contributed by atoms with E-state index in [0.717, 1.165) is 12.1 Å². The molecule has 188 valence electrons. The van der Waals surface area contributed by atoms with Crippen molar-refractivity contribution >= 4 is 34.6 Å². The molecule has 0 saturated carbocycles. The first-order valence-electron chi connectivity index (χ1n) is 10.6. The number of hydrogen-bond acceptors (Lipinski definition) is 8. The Balaban J connectivity index is 1.31. The van der Waals surface area contributed by atoms with Gasteiger partial charge in [0.25, 0.3) is 0 Å². The number of aliphatic hydroxyl groups is 1. The molecule has 3 heterocycles. The van der Waals surface area contributed by atoms with Gasteiger partial charge in [0.2, 0.25) is 0 Å². The Morgan fingerprint density at radius 3 is 2.60 bits per heavy atom. The van der Waals surface area contributed by atoms with Crippen molar-refractivity contribution in [2.75, 3.05) is 32.7 Å². The fourth-order valence-electron chi connectivity index (χ4n) is 3.93. The molecule has 1 saturated heterocycles. The summed E-state index contributed by atoms with van der Waals surface area (Å²) in [6.45, 7) is 4.27. The highest BCUT2D eigenvalue weighted by Crippen LogP contribution is 2.32. The zero-order valence-corrected chi connectivity index (χ0v) is 19.3. The number of nitrogens with zero attached hydrogens (tertiary/aromatic N) is 6. The van der Waals surface area contributed by atoms with Crippen LogP contribution in [0.25, 0.3) is 11.0 Å². The number of halogens is 4. The molecular weight excluding hydrogens is 493 g/mol. The first kappa shape index (κ1) is 24.9. The van der Waals surface area contributed by atoms with Crippen molar-refractivity contribution in [1.82, 2.24) is 19.5 Å². The molecule has 1 aliphatic heterocycles. The van der Waals surface area contributed by atoms with Gasteiger partial charge in [0, 0.05) is 38.1 Å². The van der Waals surface area contributed by atoms with E-state index in [1.165, 1.54) is 29.1 Å². The summed E-state index contributed by atoms with van der Waals surface area (Å²) in [4.78, 5) is 15.9. The Kier molecular flexibility index (Phi) is 6.75. The summed E-state index contributed by atoms with van der Waals surface area (Å²) in [6.07, 6.45) is -1.77. The maximum atomic E-state index is 12.9. The van der Waals surface area contributed by atoms with E-state index in [1.54, 1.807) is 11.9 Å².